The highest BCUT2D eigenvalue weighted by Gasteiger charge is 2.19. The number of hydrogen-bond acceptors (Lipinski definition) is 7. The first-order valence-electron chi connectivity index (χ1n) is 9.46. The Balaban J connectivity index is 1.45. The molecule has 31 heavy (non-hydrogen) atoms. The second-order valence-electron chi connectivity index (χ2n) is 6.94. The predicted octanol–water partition coefficient (Wildman–Crippen LogP) is 3.96. The zero-order valence-electron chi connectivity index (χ0n) is 16.9. The smallest absolute Gasteiger partial charge is 0.270 e. The van der Waals surface area contributed by atoms with Crippen LogP contribution in [-0.4, -0.2) is 34.9 Å². The van der Waals surface area contributed by atoms with Crippen LogP contribution < -0.4 is 9.47 Å². The summed E-state index contributed by atoms with van der Waals surface area (Å²) >= 11 is 0. The van der Waals surface area contributed by atoms with Gasteiger partial charge in [0.1, 0.15) is 0 Å². The van der Waals surface area contributed by atoms with Crippen molar-refractivity contribution in [2.45, 2.75) is 13.8 Å². The van der Waals surface area contributed by atoms with E-state index in [9.17, 15) is 14.9 Å². The van der Waals surface area contributed by atoms with Gasteiger partial charge in [0.2, 0.25) is 12.6 Å². The fourth-order valence-corrected chi connectivity index (χ4v) is 3.46. The number of rotatable bonds is 7. The molecule has 1 aromatic heterocycles. The zero-order valence-corrected chi connectivity index (χ0v) is 16.9. The Morgan fingerprint density at radius 3 is 2.81 bits per heavy atom. The van der Waals surface area contributed by atoms with E-state index in [2.05, 4.69) is 5.16 Å². The number of non-ortho nitro benzene ring substituents is 1. The van der Waals surface area contributed by atoms with Gasteiger partial charge < -0.3 is 18.9 Å². The van der Waals surface area contributed by atoms with Gasteiger partial charge >= 0.3 is 0 Å². The van der Waals surface area contributed by atoms with Gasteiger partial charge in [-0.15, -0.1) is 0 Å². The summed E-state index contributed by atoms with van der Waals surface area (Å²) in [6.45, 7) is 3.71. The Bertz CT molecular complexity index is 1200. The van der Waals surface area contributed by atoms with Gasteiger partial charge in [-0.2, -0.15) is 0 Å². The molecule has 0 N–H and O–H groups in total. The molecule has 0 bridgehead atoms. The van der Waals surface area contributed by atoms with Crippen LogP contribution in [0, 0.1) is 24.0 Å². The minimum absolute atomic E-state index is 0.0454. The summed E-state index contributed by atoms with van der Waals surface area (Å²) in [6, 6.07) is 13.4. The van der Waals surface area contributed by atoms with Gasteiger partial charge in [-0.25, -0.2) is 0 Å². The van der Waals surface area contributed by atoms with Crippen molar-refractivity contribution in [2.24, 2.45) is 5.16 Å². The largest absolute Gasteiger partial charge is 0.454 e. The average Bonchev–Trinajstić information content (AvgIpc) is 3.34. The molecule has 158 valence electrons. The van der Waals surface area contributed by atoms with Gasteiger partial charge in [-0.05, 0) is 32.0 Å². The highest BCUT2D eigenvalue weighted by atomic mass is 16.7. The van der Waals surface area contributed by atoms with Crippen molar-refractivity contribution in [3.63, 3.8) is 0 Å². The summed E-state index contributed by atoms with van der Waals surface area (Å²) < 4.78 is 12.8. The maximum Gasteiger partial charge on any atom is 0.270 e. The molecule has 9 nitrogen and oxygen atoms in total. The molecule has 1 aliphatic heterocycles. The van der Waals surface area contributed by atoms with Gasteiger partial charge in [0.05, 0.1) is 11.1 Å². The summed E-state index contributed by atoms with van der Waals surface area (Å²) in [5.74, 6) is 1.13. The minimum atomic E-state index is -0.488. The van der Waals surface area contributed by atoms with E-state index < -0.39 is 4.92 Å². The van der Waals surface area contributed by atoms with Crippen molar-refractivity contribution in [3.05, 3.63) is 81.2 Å². The molecule has 2 aromatic carbocycles. The van der Waals surface area contributed by atoms with Crippen molar-refractivity contribution in [2.75, 3.05) is 13.4 Å². The molecular weight excluding hydrogens is 402 g/mol. The lowest BCUT2D eigenvalue weighted by molar-refractivity contribution is -0.384. The van der Waals surface area contributed by atoms with Crippen LogP contribution in [0.4, 0.5) is 5.69 Å². The standard InChI is InChI=1S/C22H19N3O6/c1-14-8-19(15(2)24(14)17-6-7-21-22(10-17)30-13-29-21)20(26)12-31-23-11-16-4-3-5-18(9-16)25(27)28/h3-11H,12-13H2,1-2H3/b23-11+. The number of nitrogens with zero attached hydrogens (tertiary/aromatic N) is 3. The minimum Gasteiger partial charge on any atom is -0.454 e. The van der Waals surface area contributed by atoms with Crippen molar-refractivity contribution in [1.29, 1.82) is 0 Å². The number of aryl methyl sites for hydroxylation is 1. The number of carbonyl (C=O) groups is 1. The number of Topliss-reactive ketones (excluding diaryl/α,β-unsaturated/α-hetero) is 1. The molecule has 0 saturated carbocycles. The van der Waals surface area contributed by atoms with Gasteiger partial charge in [-0.3, -0.25) is 14.9 Å². The fourth-order valence-electron chi connectivity index (χ4n) is 3.46. The van der Waals surface area contributed by atoms with Gasteiger partial charge in [0, 0.05) is 46.4 Å². The number of ether oxygens (including phenoxy) is 2. The van der Waals surface area contributed by atoms with Crippen LogP contribution in [0.2, 0.25) is 0 Å². The monoisotopic (exact) mass is 421 g/mol. The van der Waals surface area contributed by atoms with Gasteiger partial charge in [0.15, 0.2) is 18.1 Å². The summed E-state index contributed by atoms with van der Waals surface area (Å²) in [5.41, 5.74) is 3.51. The molecule has 4 rings (SSSR count). The predicted molar refractivity (Wildman–Crippen MR) is 112 cm³/mol. The van der Waals surface area contributed by atoms with E-state index in [1.165, 1.54) is 18.3 Å². The Labute approximate surface area is 177 Å². The van der Waals surface area contributed by atoms with Crippen molar-refractivity contribution < 1.29 is 24.0 Å². The molecule has 0 unspecified atom stereocenters. The summed E-state index contributed by atoms with van der Waals surface area (Å²) in [4.78, 5) is 28.1. The Morgan fingerprint density at radius 1 is 1.19 bits per heavy atom. The molecule has 0 atom stereocenters. The second-order valence-corrected chi connectivity index (χ2v) is 6.94. The number of benzene rings is 2. The fraction of sp³-hybridized carbons (Fsp3) is 0.182. The SMILES string of the molecule is Cc1cc(C(=O)CO/N=C/c2cccc([N+](=O)[O-])c2)c(C)n1-c1ccc2c(c1)OCO2. The molecule has 1 aliphatic rings. The molecular formula is C22H19N3O6. The molecule has 0 aliphatic carbocycles. The first-order chi connectivity index (χ1) is 14.9. The maximum atomic E-state index is 12.7. The van der Waals surface area contributed by atoms with E-state index in [-0.39, 0.29) is 24.9 Å². The van der Waals surface area contributed by atoms with E-state index in [0.717, 1.165) is 17.1 Å². The molecule has 0 spiro atoms. The number of hydrogen-bond donors (Lipinski definition) is 0. The quantitative estimate of drug-likeness (QED) is 0.247. The number of ketones is 1. The number of nitro groups is 1. The third kappa shape index (κ3) is 4.11. The number of nitro benzene ring substituents is 1. The van der Waals surface area contributed by atoms with E-state index in [0.29, 0.717) is 22.6 Å². The Morgan fingerprint density at radius 2 is 2.00 bits per heavy atom. The molecule has 0 saturated heterocycles. The highest BCUT2D eigenvalue weighted by Crippen LogP contribution is 2.34. The topological polar surface area (TPSA) is 105 Å². The van der Waals surface area contributed by atoms with Crippen LogP contribution in [-0.2, 0) is 4.84 Å². The first kappa shape index (κ1) is 20.1. The third-order valence-corrected chi connectivity index (χ3v) is 4.90. The van der Waals surface area contributed by atoms with Crippen LogP contribution in [0.3, 0.4) is 0 Å². The molecule has 3 aromatic rings. The Hall–Kier alpha value is -4.14. The molecule has 0 amide bonds. The number of fused-ring (bicyclic) bond motifs is 1. The summed E-state index contributed by atoms with van der Waals surface area (Å²) in [6.07, 6.45) is 1.33. The van der Waals surface area contributed by atoms with Crippen molar-refractivity contribution in [1.82, 2.24) is 4.57 Å². The van der Waals surface area contributed by atoms with Crippen molar-refractivity contribution in [3.8, 4) is 17.2 Å². The van der Waals surface area contributed by atoms with E-state index in [1.807, 2.05) is 36.6 Å². The molecule has 0 fully saturated rings. The third-order valence-electron chi connectivity index (χ3n) is 4.90. The zero-order chi connectivity index (χ0) is 22.0. The lowest BCUT2D eigenvalue weighted by atomic mass is 10.1. The number of oxime groups is 1. The van der Waals surface area contributed by atoms with Gasteiger partial charge in [0.25, 0.3) is 5.69 Å². The van der Waals surface area contributed by atoms with Crippen LogP contribution in [0.25, 0.3) is 5.69 Å². The van der Waals surface area contributed by atoms with Gasteiger partial charge in [-0.1, -0.05) is 17.3 Å². The molecule has 2 heterocycles. The van der Waals surface area contributed by atoms with Crippen LogP contribution in [0.5, 0.6) is 11.5 Å². The lowest BCUT2D eigenvalue weighted by Gasteiger charge is -2.10. The maximum absolute atomic E-state index is 12.7. The first-order valence-corrected chi connectivity index (χ1v) is 9.46. The van der Waals surface area contributed by atoms with E-state index >= 15 is 0 Å². The highest BCUT2D eigenvalue weighted by molar-refractivity contribution is 5.98. The second kappa shape index (κ2) is 8.31. The number of carbonyl (C=O) groups excluding carboxylic acids is 1. The molecule has 9 heteroatoms. The number of aromatic nitrogens is 1. The van der Waals surface area contributed by atoms with Crippen LogP contribution >= 0.6 is 0 Å². The van der Waals surface area contributed by atoms with E-state index in [4.69, 9.17) is 14.3 Å². The average molecular weight is 421 g/mol. The van der Waals surface area contributed by atoms with Crippen molar-refractivity contribution >= 4 is 17.7 Å². The summed E-state index contributed by atoms with van der Waals surface area (Å²) in [7, 11) is 0. The molecule has 0 radical (unpaired) electrons. The normalized spacial score (nSPS) is 12.3. The Kier molecular flexibility index (Phi) is 5.40. The summed E-state index contributed by atoms with van der Waals surface area (Å²) in [5, 5.41) is 14.6. The lowest BCUT2D eigenvalue weighted by Crippen LogP contribution is -2.08. The van der Waals surface area contributed by atoms with Crippen LogP contribution in [0.1, 0.15) is 27.3 Å². The van der Waals surface area contributed by atoms with E-state index in [1.54, 1.807) is 18.2 Å². The van der Waals surface area contributed by atoms with Crippen LogP contribution in [0.15, 0.2) is 53.7 Å².